The molecule has 0 aliphatic rings. The monoisotopic (exact) mass is 229 g/mol. The number of carbonyl (C=O) groups is 2. The Labute approximate surface area is 80.9 Å². The predicted octanol–water partition coefficient (Wildman–Crippen LogP) is -0.799. The molecule has 2 N–H and O–H groups in total. The number of carbonyl (C=O) groups excluding carboxylic acids is 1. The lowest BCUT2D eigenvalue weighted by atomic mass is 10.4. The normalized spacial score (nSPS) is 13.4. The van der Waals surface area contributed by atoms with Gasteiger partial charge in [-0.25, -0.2) is 4.79 Å². The molecule has 8 heteroatoms. The fraction of sp³-hybridized carbons (Fsp3) is 0.667. The van der Waals surface area contributed by atoms with Crippen molar-refractivity contribution in [2.45, 2.75) is 5.92 Å². The second kappa shape index (κ2) is 4.99. The van der Waals surface area contributed by atoms with Crippen molar-refractivity contribution in [3.05, 3.63) is 0 Å². The zero-order chi connectivity index (χ0) is 11.4. The predicted molar refractivity (Wildman–Crippen MR) is 44.5 cm³/mol. The van der Waals surface area contributed by atoms with Crippen LogP contribution in [0.25, 0.3) is 0 Å². The number of hydrogen-bond donors (Lipinski definition) is 2. The van der Waals surface area contributed by atoms with Crippen LogP contribution >= 0.6 is 0 Å². The van der Waals surface area contributed by atoms with Gasteiger partial charge >= 0.3 is 11.9 Å². The minimum atomic E-state index is -4.06. The maximum atomic E-state index is 12.4. The van der Waals surface area contributed by atoms with E-state index in [1.807, 2.05) is 0 Å². The number of hydrogen-bond acceptors (Lipinski definition) is 3. The van der Waals surface area contributed by atoms with Gasteiger partial charge in [0.2, 0.25) is 5.91 Å². The van der Waals surface area contributed by atoms with Crippen LogP contribution in [-0.4, -0.2) is 45.7 Å². The van der Waals surface area contributed by atoms with Gasteiger partial charge < -0.3 is 10.4 Å². The summed E-state index contributed by atoms with van der Waals surface area (Å²) in [5.41, 5.74) is 0. The van der Waals surface area contributed by atoms with Crippen molar-refractivity contribution < 1.29 is 27.7 Å². The first-order valence-corrected chi connectivity index (χ1v) is 4.95. The second-order valence-corrected chi connectivity index (χ2v) is 3.87. The third-order valence-corrected chi connectivity index (χ3v) is 2.49. The van der Waals surface area contributed by atoms with Gasteiger partial charge in [-0.15, -0.1) is 0 Å². The number of amides is 1. The number of nitrogens with one attached hydrogen (secondary N) is 1. The average Bonchev–Trinajstić information content (AvgIpc) is 2.02. The molecule has 0 saturated heterocycles. The third-order valence-electron chi connectivity index (χ3n) is 1.23. The number of halogens is 2. The second-order valence-electron chi connectivity index (χ2n) is 2.41. The summed E-state index contributed by atoms with van der Waals surface area (Å²) in [5, 5.41) is 10.1. The van der Waals surface area contributed by atoms with E-state index in [0.29, 0.717) is 0 Å². The Morgan fingerprint density at radius 1 is 1.50 bits per heavy atom. The van der Waals surface area contributed by atoms with Crippen molar-refractivity contribution in [3.63, 3.8) is 0 Å². The molecule has 14 heavy (non-hydrogen) atoms. The first-order chi connectivity index (χ1) is 6.29. The molecule has 0 aromatic heterocycles. The van der Waals surface area contributed by atoms with Crippen molar-refractivity contribution in [2.75, 3.05) is 18.6 Å². The molecule has 0 radical (unpaired) electrons. The van der Waals surface area contributed by atoms with Gasteiger partial charge in [-0.3, -0.25) is 9.00 Å². The van der Waals surface area contributed by atoms with E-state index in [2.05, 4.69) is 5.32 Å². The van der Waals surface area contributed by atoms with Gasteiger partial charge in [0.05, 0.1) is 5.75 Å². The lowest BCUT2D eigenvalue weighted by Crippen LogP contribution is -2.37. The van der Waals surface area contributed by atoms with E-state index in [9.17, 15) is 22.6 Å². The van der Waals surface area contributed by atoms with Crippen LogP contribution in [0.1, 0.15) is 0 Å². The molecule has 5 nitrogen and oxygen atoms in total. The highest BCUT2D eigenvalue weighted by atomic mass is 32.2. The minimum absolute atomic E-state index is 0.626. The standard InChI is InChI=1S/C6H9F2NO4S/c1-9-4(10)2-14(13)3-6(7,8)5(11)12/h2-3H2,1H3,(H,9,10)(H,11,12). The van der Waals surface area contributed by atoms with Crippen molar-refractivity contribution >= 4 is 22.7 Å². The zero-order valence-electron chi connectivity index (χ0n) is 7.25. The van der Waals surface area contributed by atoms with Crippen LogP contribution in [-0.2, 0) is 20.4 Å². The largest absolute Gasteiger partial charge is 0.477 e. The third kappa shape index (κ3) is 4.26. The van der Waals surface area contributed by atoms with E-state index in [-0.39, 0.29) is 0 Å². The molecule has 0 fully saturated rings. The maximum absolute atomic E-state index is 12.4. The quantitative estimate of drug-likeness (QED) is 0.646. The van der Waals surface area contributed by atoms with E-state index in [4.69, 9.17) is 5.11 Å². The summed E-state index contributed by atoms with van der Waals surface area (Å²) < 4.78 is 35.7. The summed E-state index contributed by atoms with van der Waals surface area (Å²) >= 11 is 0. The minimum Gasteiger partial charge on any atom is -0.477 e. The Hall–Kier alpha value is -1.05. The molecule has 0 saturated carbocycles. The topological polar surface area (TPSA) is 83.5 Å². The fourth-order valence-corrected chi connectivity index (χ4v) is 1.60. The molecular weight excluding hydrogens is 220 g/mol. The number of aliphatic carboxylic acids is 1. The Bertz CT molecular complexity index is 269. The molecule has 1 atom stereocenters. The summed E-state index contributed by atoms with van der Waals surface area (Å²) in [6, 6.07) is 0. The molecule has 0 bridgehead atoms. The lowest BCUT2D eigenvalue weighted by Gasteiger charge is -2.09. The van der Waals surface area contributed by atoms with Crippen LogP contribution in [0.4, 0.5) is 8.78 Å². The molecule has 0 aromatic carbocycles. The van der Waals surface area contributed by atoms with Gasteiger partial charge in [0.25, 0.3) is 0 Å². The summed E-state index contributed by atoms with van der Waals surface area (Å²) in [6.07, 6.45) is 0. The van der Waals surface area contributed by atoms with E-state index in [1.165, 1.54) is 7.05 Å². The molecule has 1 amide bonds. The van der Waals surface area contributed by atoms with Crippen molar-refractivity contribution in [1.82, 2.24) is 5.32 Å². The average molecular weight is 229 g/mol. The highest BCUT2D eigenvalue weighted by molar-refractivity contribution is 7.85. The van der Waals surface area contributed by atoms with Crippen LogP contribution < -0.4 is 5.32 Å². The van der Waals surface area contributed by atoms with E-state index in [0.717, 1.165) is 0 Å². The molecule has 1 unspecified atom stereocenters. The molecule has 0 rings (SSSR count). The van der Waals surface area contributed by atoms with Crippen molar-refractivity contribution in [2.24, 2.45) is 0 Å². The van der Waals surface area contributed by atoms with Gasteiger partial charge in [-0.05, 0) is 0 Å². The van der Waals surface area contributed by atoms with Gasteiger partial charge in [-0.1, -0.05) is 0 Å². The highest BCUT2D eigenvalue weighted by Gasteiger charge is 2.40. The van der Waals surface area contributed by atoms with Crippen LogP contribution in [0.15, 0.2) is 0 Å². The number of alkyl halides is 2. The summed E-state index contributed by atoms with van der Waals surface area (Å²) in [5.74, 6) is -9.05. The van der Waals surface area contributed by atoms with E-state index in [1.54, 1.807) is 0 Å². The zero-order valence-corrected chi connectivity index (χ0v) is 8.07. The van der Waals surface area contributed by atoms with Gasteiger partial charge in [-0.2, -0.15) is 8.78 Å². The van der Waals surface area contributed by atoms with Crippen LogP contribution in [0.3, 0.4) is 0 Å². The molecule has 0 heterocycles. The number of rotatable bonds is 5. The Balaban J connectivity index is 4.19. The first kappa shape index (κ1) is 12.9. The van der Waals surface area contributed by atoms with E-state index >= 15 is 0 Å². The van der Waals surface area contributed by atoms with E-state index < -0.39 is 40.1 Å². The highest BCUT2D eigenvalue weighted by Crippen LogP contribution is 2.14. The van der Waals surface area contributed by atoms with Gasteiger partial charge in [0.1, 0.15) is 5.75 Å². The van der Waals surface area contributed by atoms with Gasteiger partial charge in [0, 0.05) is 17.8 Å². The maximum Gasteiger partial charge on any atom is 0.375 e. The molecular formula is C6H9F2NO4S. The Morgan fingerprint density at radius 3 is 2.36 bits per heavy atom. The summed E-state index contributed by atoms with van der Waals surface area (Å²) in [7, 11) is -0.924. The van der Waals surface area contributed by atoms with Crippen molar-refractivity contribution in [1.29, 1.82) is 0 Å². The van der Waals surface area contributed by atoms with Crippen molar-refractivity contribution in [3.8, 4) is 0 Å². The number of carboxylic acids is 1. The van der Waals surface area contributed by atoms with Crippen LogP contribution in [0.5, 0.6) is 0 Å². The number of carboxylic acid groups (broad SMARTS) is 1. The molecule has 0 aliphatic carbocycles. The SMILES string of the molecule is CNC(=O)CS(=O)CC(F)(F)C(=O)O. The molecule has 82 valence electrons. The van der Waals surface area contributed by atoms with Crippen LogP contribution in [0.2, 0.25) is 0 Å². The molecule has 0 aliphatic heterocycles. The Morgan fingerprint density at radius 2 is 2.00 bits per heavy atom. The van der Waals surface area contributed by atoms with Crippen LogP contribution in [0, 0.1) is 0 Å². The summed E-state index contributed by atoms with van der Waals surface area (Å²) in [4.78, 5) is 20.5. The fourth-order valence-electron chi connectivity index (χ4n) is 0.533. The summed E-state index contributed by atoms with van der Waals surface area (Å²) in [6.45, 7) is 0. The molecule has 0 spiro atoms. The first-order valence-electron chi connectivity index (χ1n) is 3.46. The lowest BCUT2D eigenvalue weighted by molar-refractivity contribution is -0.161. The smallest absolute Gasteiger partial charge is 0.375 e. The molecule has 0 aromatic rings. The Kier molecular flexibility index (Phi) is 4.61. The van der Waals surface area contributed by atoms with Gasteiger partial charge in [0.15, 0.2) is 0 Å².